The molecular weight excluding hydrogens is 336 g/mol. The van der Waals surface area contributed by atoms with Gasteiger partial charge in [0.2, 0.25) is 5.91 Å². The lowest BCUT2D eigenvalue weighted by Gasteiger charge is -2.34. The predicted octanol–water partition coefficient (Wildman–Crippen LogP) is 2.55. The summed E-state index contributed by atoms with van der Waals surface area (Å²) < 4.78 is 26.8. The molecule has 3 N–H and O–H groups in total. The molecule has 4 nitrogen and oxygen atoms in total. The summed E-state index contributed by atoms with van der Waals surface area (Å²) >= 11 is 0. The monoisotopic (exact) mass is 365 g/mol. The lowest BCUT2D eigenvalue weighted by Crippen LogP contribution is -2.50. The Morgan fingerprint density at radius 2 is 2.00 bits per heavy atom. The summed E-state index contributed by atoms with van der Waals surface area (Å²) in [5.41, 5.74) is 0.750. The van der Waals surface area contributed by atoms with Crippen molar-refractivity contribution >= 4 is 5.91 Å². The number of carbonyl (C=O) groups is 1. The highest BCUT2D eigenvalue weighted by Crippen LogP contribution is 2.28. The minimum Gasteiger partial charge on any atom is -0.351 e. The van der Waals surface area contributed by atoms with Gasteiger partial charge in [-0.15, -0.1) is 0 Å². The van der Waals surface area contributed by atoms with Gasteiger partial charge in [0.05, 0.1) is 0 Å². The van der Waals surface area contributed by atoms with Gasteiger partial charge in [0.1, 0.15) is 0 Å². The molecule has 2 saturated heterocycles. The minimum absolute atomic E-state index is 0.00181. The second-order valence-corrected chi connectivity index (χ2v) is 7.73. The third kappa shape index (κ3) is 4.80. The Morgan fingerprint density at radius 3 is 2.73 bits per heavy atom. The van der Waals surface area contributed by atoms with Gasteiger partial charge in [0.25, 0.3) is 0 Å². The summed E-state index contributed by atoms with van der Waals surface area (Å²) in [6.45, 7) is 5.65. The fourth-order valence-electron chi connectivity index (χ4n) is 4.24. The number of halogens is 2. The van der Waals surface area contributed by atoms with E-state index in [1.165, 1.54) is 25.0 Å². The summed E-state index contributed by atoms with van der Waals surface area (Å²) in [5.74, 6) is -0.740. The van der Waals surface area contributed by atoms with E-state index in [0.29, 0.717) is 24.8 Å². The van der Waals surface area contributed by atoms with Crippen LogP contribution in [0.15, 0.2) is 18.2 Å². The fourth-order valence-corrected chi connectivity index (χ4v) is 4.24. The van der Waals surface area contributed by atoms with Crippen molar-refractivity contribution in [3.63, 3.8) is 0 Å². The number of hydrogen-bond donors (Lipinski definition) is 3. The molecule has 0 aromatic heterocycles. The van der Waals surface area contributed by atoms with Gasteiger partial charge in [-0.2, -0.15) is 0 Å². The number of benzene rings is 1. The maximum Gasteiger partial charge on any atom is 0.220 e. The van der Waals surface area contributed by atoms with Gasteiger partial charge >= 0.3 is 0 Å². The van der Waals surface area contributed by atoms with Crippen LogP contribution in [0.4, 0.5) is 8.78 Å². The Labute approximate surface area is 154 Å². The molecule has 0 aliphatic carbocycles. The van der Waals surface area contributed by atoms with Crippen molar-refractivity contribution in [2.45, 2.75) is 44.6 Å². The molecule has 0 spiro atoms. The van der Waals surface area contributed by atoms with Crippen LogP contribution in [0, 0.1) is 23.5 Å². The summed E-state index contributed by atoms with van der Waals surface area (Å²) in [6.07, 6.45) is 3.64. The van der Waals surface area contributed by atoms with E-state index in [0.717, 1.165) is 31.6 Å². The Bertz CT molecular complexity index is 619. The van der Waals surface area contributed by atoms with Gasteiger partial charge in [-0.05, 0) is 68.4 Å². The summed E-state index contributed by atoms with van der Waals surface area (Å²) in [4.78, 5) is 12.6. The fraction of sp³-hybridized carbons (Fsp3) is 0.650. The molecule has 4 unspecified atom stereocenters. The van der Waals surface area contributed by atoms with Crippen LogP contribution in [0.5, 0.6) is 0 Å². The number of nitrogens with one attached hydrogen (secondary N) is 3. The number of rotatable bonds is 5. The maximum atomic E-state index is 13.6. The highest BCUT2D eigenvalue weighted by atomic mass is 19.2. The quantitative estimate of drug-likeness (QED) is 0.752. The normalized spacial score (nSPS) is 27.7. The molecule has 0 radical (unpaired) electrons. The average Bonchev–Trinajstić information content (AvgIpc) is 2.65. The highest BCUT2D eigenvalue weighted by Gasteiger charge is 2.29. The molecular formula is C20H29F2N3O. The van der Waals surface area contributed by atoms with Crippen LogP contribution in [-0.2, 0) is 4.79 Å². The second kappa shape index (κ2) is 8.91. The minimum atomic E-state index is -0.835. The van der Waals surface area contributed by atoms with E-state index in [-0.39, 0.29) is 17.9 Å². The number of hydrogen-bond acceptors (Lipinski definition) is 3. The molecule has 4 atom stereocenters. The third-order valence-electron chi connectivity index (χ3n) is 5.85. The molecule has 144 valence electrons. The van der Waals surface area contributed by atoms with Crippen LogP contribution in [0.25, 0.3) is 0 Å². The largest absolute Gasteiger partial charge is 0.351 e. The van der Waals surface area contributed by atoms with Gasteiger partial charge in [0.15, 0.2) is 11.6 Å². The van der Waals surface area contributed by atoms with Gasteiger partial charge in [-0.1, -0.05) is 13.0 Å². The van der Waals surface area contributed by atoms with Crippen molar-refractivity contribution in [1.29, 1.82) is 0 Å². The van der Waals surface area contributed by atoms with Crippen LogP contribution < -0.4 is 16.0 Å². The Balaban J connectivity index is 1.60. The smallest absolute Gasteiger partial charge is 0.220 e. The first-order valence-electron chi connectivity index (χ1n) is 9.70. The number of amides is 1. The first-order valence-corrected chi connectivity index (χ1v) is 9.70. The first-order chi connectivity index (χ1) is 12.5. The van der Waals surface area contributed by atoms with Crippen molar-refractivity contribution in [2.75, 3.05) is 26.2 Å². The Kier molecular flexibility index (Phi) is 6.59. The number of piperidine rings is 2. The molecule has 26 heavy (non-hydrogen) atoms. The van der Waals surface area contributed by atoms with Crippen LogP contribution in [0.2, 0.25) is 0 Å². The maximum absolute atomic E-state index is 13.6. The van der Waals surface area contributed by atoms with Crippen LogP contribution in [0.3, 0.4) is 0 Å². The molecule has 6 heteroatoms. The van der Waals surface area contributed by atoms with Crippen molar-refractivity contribution in [2.24, 2.45) is 11.8 Å². The SMILES string of the molecule is CC(CC(=O)NC1CNCCC1c1ccc(F)c(F)c1)C1CCCNC1. The molecule has 2 aliphatic heterocycles. The zero-order chi connectivity index (χ0) is 18.5. The lowest BCUT2D eigenvalue weighted by atomic mass is 9.84. The van der Waals surface area contributed by atoms with E-state index in [2.05, 4.69) is 22.9 Å². The van der Waals surface area contributed by atoms with Crippen LogP contribution >= 0.6 is 0 Å². The third-order valence-corrected chi connectivity index (χ3v) is 5.85. The average molecular weight is 365 g/mol. The molecule has 0 bridgehead atoms. The zero-order valence-corrected chi connectivity index (χ0v) is 15.4. The Morgan fingerprint density at radius 1 is 1.19 bits per heavy atom. The van der Waals surface area contributed by atoms with E-state index < -0.39 is 11.6 Å². The van der Waals surface area contributed by atoms with E-state index in [9.17, 15) is 13.6 Å². The molecule has 2 aliphatic rings. The molecule has 2 fully saturated rings. The van der Waals surface area contributed by atoms with E-state index in [1.807, 2.05) is 0 Å². The highest BCUT2D eigenvalue weighted by molar-refractivity contribution is 5.76. The van der Waals surface area contributed by atoms with Crippen molar-refractivity contribution in [3.05, 3.63) is 35.4 Å². The summed E-state index contributed by atoms with van der Waals surface area (Å²) in [6, 6.07) is 3.96. The van der Waals surface area contributed by atoms with Gasteiger partial charge in [-0.3, -0.25) is 4.79 Å². The zero-order valence-electron chi connectivity index (χ0n) is 15.4. The lowest BCUT2D eigenvalue weighted by molar-refractivity contribution is -0.123. The molecule has 3 rings (SSSR count). The van der Waals surface area contributed by atoms with Crippen molar-refractivity contribution < 1.29 is 13.6 Å². The predicted molar refractivity (Wildman–Crippen MR) is 97.9 cm³/mol. The van der Waals surface area contributed by atoms with Crippen molar-refractivity contribution in [3.8, 4) is 0 Å². The summed E-state index contributed by atoms with van der Waals surface area (Å²) in [7, 11) is 0. The second-order valence-electron chi connectivity index (χ2n) is 7.73. The Hall–Kier alpha value is -1.53. The van der Waals surface area contributed by atoms with Gasteiger partial charge in [0, 0.05) is 24.9 Å². The van der Waals surface area contributed by atoms with Crippen molar-refractivity contribution in [1.82, 2.24) is 16.0 Å². The summed E-state index contributed by atoms with van der Waals surface area (Å²) in [5, 5.41) is 9.82. The topological polar surface area (TPSA) is 53.2 Å². The molecule has 1 amide bonds. The van der Waals surface area contributed by atoms with E-state index in [4.69, 9.17) is 0 Å². The van der Waals surface area contributed by atoms with Crippen LogP contribution in [0.1, 0.15) is 44.1 Å². The van der Waals surface area contributed by atoms with E-state index in [1.54, 1.807) is 6.07 Å². The first kappa shape index (κ1) is 19.2. The molecule has 2 heterocycles. The molecule has 1 aromatic carbocycles. The molecule has 0 saturated carbocycles. The van der Waals surface area contributed by atoms with Gasteiger partial charge < -0.3 is 16.0 Å². The van der Waals surface area contributed by atoms with E-state index >= 15 is 0 Å². The standard InChI is InChI=1S/C20H29F2N3O/c1-13(15-3-2-7-23-11-15)9-20(26)25-19-12-24-8-6-16(19)14-4-5-17(21)18(22)10-14/h4-5,10,13,15-16,19,23-24H,2-3,6-9,11-12H2,1H3,(H,25,26). The number of carbonyl (C=O) groups excluding carboxylic acids is 1. The molecule has 1 aromatic rings. The van der Waals surface area contributed by atoms with Gasteiger partial charge in [-0.25, -0.2) is 8.78 Å². The van der Waals surface area contributed by atoms with Crippen LogP contribution in [-0.4, -0.2) is 38.1 Å².